The molecule has 0 saturated heterocycles. The van der Waals surface area contributed by atoms with E-state index in [4.69, 9.17) is 5.73 Å². The van der Waals surface area contributed by atoms with Crippen molar-refractivity contribution in [2.45, 2.75) is 32.6 Å². The summed E-state index contributed by atoms with van der Waals surface area (Å²) in [5, 5.41) is 0. The van der Waals surface area contributed by atoms with Crippen LogP contribution in [0, 0.1) is 5.92 Å². The highest BCUT2D eigenvalue weighted by atomic mass is 32.2. The van der Waals surface area contributed by atoms with E-state index in [1.165, 1.54) is 0 Å². The Labute approximate surface area is 117 Å². The molecule has 5 heteroatoms. The fraction of sp³-hybridized carbons (Fsp3) is 0.571. The van der Waals surface area contributed by atoms with Gasteiger partial charge in [0.15, 0.2) is 0 Å². The van der Waals surface area contributed by atoms with Gasteiger partial charge in [0.25, 0.3) is 0 Å². The van der Waals surface area contributed by atoms with E-state index in [1.807, 2.05) is 30.3 Å². The number of nitrogens with zero attached hydrogens (tertiary/aromatic N) is 2. The lowest BCUT2D eigenvalue weighted by Gasteiger charge is -2.26. The van der Waals surface area contributed by atoms with E-state index in [0.717, 1.165) is 6.54 Å². The Kier molecular flexibility index (Phi) is 5.82. The number of hydrogen-bond donors (Lipinski definition) is 1. The van der Waals surface area contributed by atoms with E-state index < -0.39 is 9.92 Å². The quantitative estimate of drug-likeness (QED) is 0.816. The highest BCUT2D eigenvalue weighted by Gasteiger charge is 2.21. The minimum atomic E-state index is -2.55. The highest BCUT2D eigenvalue weighted by Crippen LogP contribution is 2.21. The van der Waals surface area contributed by atoms with Crippen LogP contribution in [0.1, 0.15) is 27.7 Å². The smallest absolute Gasteiger partial charge is 0.139 e. The summed E-state index contributed by atoms with van der Waals surface area (Å²) in [4.78, 5) is 0.705. The van der Waals surface area contributed by atoms with Crippen molar-refractivity contribution in [3.05, 3.63) is 24.3 Å². The van der Waals surface area contributed by atoms with Crippen LogP contribution in [-0.2, 0) is 9.92 Å². The van der Waals surface area contributed by atoms with E-state index in [-0.39, 0.29) is 0 Å². The van der Waals surface area contributed by atoms with Gasteiger partial charge in [0.1, 0.15) is 9.92 Å². The largest absolute Gasteiger partial charge is 0.399 e. The van der Waals surface area contributed by atoms with Gasteiger partial charge in [-0.25, -0.2) is 12.9 Å². The summed E-state index contributed by atoms with van der Waals surface area (Å²) in [5.74, 6) is 0.439. The van der Waals surface area contributed by atoms with Gasteiger partial charge in [0, 0.05) is 25.3 Å². The molecule has 0 aliphatic rings. The van der Waals surface area contributed by atoms with Gasteiger partial charge < -0.3 is 5.73 Å². The van der Waals surface area contributed by atoms with E-state index >= 15 is 0 Å². The second-order valence-corrected chi connectivity index (χ2v) is 7.13. The third-order valence-electron chi connectivity index (χ3n) is 2.74. The lowest BCUT2D eigenvalue weighted by molar-refractivity contribution is 0.399. The molecular formula is C14H25N3OS. The van der Waals surface area contributed by atoms with Crippen molar-refractivity contribution >= 4 is 15.6 Å². The summed E-state index contributed by atoms with van der Waals surface area (Å²) in [6.07, 6.45) is 0. The zero-order valence-electron chi connectivity index (χ0n) is 12.3. The Hall–Kier alpha value is -1.07. The minimum absolute atomic E-state index is 0.439. The van der Waals surface area contributed by atoms with Gasteiger partial charge >= 0.3 is 0 Å². The number of benzene rings is 1. The van der Waals surface area contributed by atoms with Gasteiger partial charge in [0.05, 0.1) is 4.90 Å². The molecule has 0 bridgehead atoms. The van der Waals surface area contributed by atoms with E-state index in [0.29, 0.717) is 29.6 Å². The van der Waals surface area contributed by atoms with Crippen molar-refractivity contribution in [1.82, 2.24) is 4.31 Å². The predicted octanol–water partition coefficient (Wildman–Crippen LogP) is 3.01. The van der Waals surface area contributed by atoms with Gasteiger partial charge in [-0.15, -0.1) is 0 Å². The van der Waals surface area contributed by atoms with Crippen molar-refractivity contribution in [3.8, 4) is 0 Å². The molecule has 1 unspecified atom stereocenters. The second kappa shape index (κ2) is 6.91. The molecule has 1 aromatic carbocycles. The fourth-order valence-corrected chi connectivity index (χ4v) is 4.33. The van der Waals surface area contributed by atoms with Gasteiger partial charge in [-0.05, 0) is 31.0 Å². The second-order valence-electron chi connectivity index (χ2n) is 4.89. The SMILES string of the molecule is CCN=S(=O)(c1cccc(N)c1)N(CC)CC(C)C. The van der Waals surface area contributed by atoms with Gasteiger partial charge in [-0.3, -0.25) is 0 Å². The lowest BCUT2D eigenvalue weighted by atomic mass is 10.2. The molecule has 0 aromatic heterocycles. The maximum Gasteiger partial charge on any atom is 0.139 e. The van der Waals surface area contributed by atoms with Crippen LogP contribution in [0.3, 0.4) is 0 Å². The molecule has 1 aromatic rings. The zero-order chi connectivity index (χ0) is 14.5. The molecule has 0 radical (unpaired) electrons. The summed E-state index contributed by atoms with van der Waals surface area (Å²) in [5.41, 5.74) is 6.43. The normalized spacial score (nSPS) is 14.6. The Morgan fingerprint density at radius 2 is 2.05 bits per heavy atom. The Balaban J connectivity index is 3.31. The van der Waals surface area contributed by atoms with Crippen molar-refractivity contribution in [2.24, 2.45) is 10.3 Å². The van der Waals surface area contributed by atoms with Gasteiger partial charge in [0.2, 0.25) is 0 Å². The van der Waals surface area contributed by atoms with Crippen LogP contribution in [0.2, 0.25) is 0 Å². The molecule has 19 heavy (non-hydrogen) atoms. The molecule has 1 atom stereocenters. The summed E-state index contributed by atoms with van der Waals surface area (Å²) in [6, 6.07) is 7.25. The molecule has 0 aliphatic carbocycles. The fourth-order valence-electron chi connectivity index (χ4n) is 1.97. The molecule has 108 valence electrons. The highest BCUT2D eigenvalue weighted by molar-refractivity contribution is 7.91. The first-order chi connectivity index (χ1) is 8.93. The van der Waals surface area contributed by atoms with Crippen LogP contribution in [-0.4, -0.2) is 28.1 Å². The molecule has 0 amide bonds. The molecule has 0 spiro atoms. The first kappa shape index (κ1) is 16.0. The molecule has 0 fully saturated rings. The van der Waals surface area contributed by atoms with Crippen LogP contribution >= 0.6 is 0 Å². The third kappa shape index (κ3) is 3.94. The van der Waals surface area contributed by atoms with Gasteiger partial charge in [-0.2, -0.15) is 0 Å². The lowest BCUT2D eigenvalue weighted by Crippen LogP contribution is -2.34. The number of rotatable bonds is 6. The summed E-state index contributed by atoms with van der Waals surface area (Å²) >= 11 is 0. The number of nitrogens with two attached hydrogens (primary N) is 1. The number of nitrogen functional groups attached to an aromatic ring is 1. The van der Waals surface area contributed by atoms with Crippen LogP contribution in [0.15, 0.2) is 33.5 Å². The molecular weight excluding hydrogens is 258 g/mol. The van der Waals surface area contributed by atoms with E-state index in [1.54, 1.807) is 12.1 Å². The molecule has 0 heterocycles. The topological polar surface area (TPSA) is 58.7 Å². The first-order valence-corrected chi connectivity index (χ1v) is 8.24. The van der Waals surface area contributed by atoms with Gasteiger partial charge in [-0.1, -0.05) is 26.8 Å². The Morgan fingerprint density at radius 1 is 1.37 bits per heavy atom. The average molecular weight is 283 g/mol. The number of anilines is 1. The van der Waals surface area contributed by atoms with Crippen LogP contribution in [0.25, 0.3) is 0 Å². The first-order valence-electron chi connectivity index (χ1n) is 6.77. The molecule has 1 rings (SSSR count). The van der Waals surface area contributed by atoms with Crippen LogP contribution < -0.4 is 5.73 Å². The summed E-state index contributed by atoms with van der Waals surface area (Å²) < 4.78 is 19.7. The zero-order valence-corrected chi connectivity index (χ0v) is 13.1. The minimum Gasteiger partial charge on any atom is -0.399 e. The summed E-state index contributed by atoms with van der Waals surface area (Å²) in [7, 11) is -2.55. The predicted molar refractivity (Wildman–Crippen MR) is 82.3 cm³/mol. The molecule has 0 aliphatic heterocycles. The number of hydrogen-bond acceptors (Lipinski definition) is 3. The van der Waals surface area contributed by atoms with Crippen molar-refractivity contribution in [2.75, 3.05) is 25.4 Å². The molecule has 2 N–H and O–H groups in total. The van der Waals surface area contributed by atoms with Crippen molar-refractivity contribution in [3.63, 3.8) is 0 Å². The maximum atomic E-state index is 13.3. The third-order valence-corrected chi connectivity index (χ3v) is 5.32. The van der Waals surface area contributed by atoms with E-state index in [2.05, 4.69) is 18.2 Å². The van der Waals surface area contributed by atoms with Crippen molar-refractivity contribution < 1.29 is 4.21 Å². The van der Waals surface area contributed by atoms with Crippen LogP contribution in [0.4, 0.5) is 5.69 Å². The molecule has 0 saturated carbocycles. The average Bonchev–Trinajstić information content (AvgIpc) is 2.35. The monoisotopic (exact) mass is 283 g/mol. The maximum absolute atomic E-state index is 13.3. The Bertz CT molecular complexity index is 519. The van der Waals surface area contributed by atoms with Crippen molar-refractivity contribution in [1.29, 1.82) is 0 Å². The Morgan fingerprint density at radius 3 is 2.53 bits per heavy atom. The standard InChI is InChI=1S/C14H25N3OS/c1-5-16-19(18,17(6-2)11-12(3)4)14-9-7-8-13(15)10-14/h7-10,12H,5-6,11,15H2,1-4H3. The van der Waals surface area contributed by atoms with Crippen LogP contribution in [0.5, 0.6) is 0 Å². The molecule has 4 nitrogen and oxygen atoms in total. The summed E-state index contributed by atoms with van der Waals surface area (Å²) in [6.45, 7) is 10.2. The van der Waals surface area contributed by atoms with E-state index in [9.17, 15) is 4.21 Å².